The zero-order valence-corrected chi connectivity index (χ0v) is 21.4. The van der Waals surface area contributed by atoms with Gasteiger partial charge < -0.3 is 20.1 Å². The lowest BCUT2D eigenvalue weighted by atomic mass is 10.1. The topological polar surface area (TPSA) is 61.7 Å². The monoisotopic (exact) mass is 563 g/mol. The van der Waals surface area contributed by atoms with Crippen molar-refractivity contribution in [3.05, 3.63) is 87.7 Å². The highest BCUT2D eigenvalue weighted by atomic mass is 127. The molecule has 0 unspecified atom stereocenters. The van der Waals surface area contributed by atoms with Gasteiger partial charge >= 0.3 is 0 Å². The zero-order valence-electron chi connectivity index (χ0n) is 18.2. The molecule has 1 saturated heterocycles. The minimum absolute atomic E-state index is 0. The van der Waals surface area contributed by atoms with Crippen molar-refractivity contribution in [2.24, 2.45) is 4.99 Å². The molecule has 1 fully saturated rings. The molecule has 32 heavy (non-hydrogen) atoms. The Morgan fingerprint density at radius 3 is 2.47 bits per heavy atom. The molecule has 3 aromatic rings. The van der Waals surface area contributed by atoms with E-state index in [0.29, 0.717) is 19.1 Å². The van der Waals surface area contributed by atoms with Gasteiger partial charge in [-0.2, -0.15) is 0 Å². The lowest BCUT2D eigenvalue weighted by Gasteiger charge is -2.33. The van der Waals surface area contributed by atoms with E-state index < -0.39 is 0 Å². The van der Waals surface area contributed by atoms with Gasteiger partial charge in [-0.15, -0.1) is 35.3 Å². The highest BCUT2D eigenvalue weighted by Crippen LogP contribution is 2.24. The average Bonchev–Trinajstić information content (AvgIpc) is 3.34. The molecular weight excluding hydrogens is 533 g/mol. The first-order valence-electron chi connectivity index (χ1n) is 10.7. The van der Waals surface area contributed by atoms with Gasteiger partial charge in [-0.25, -0.2) is 0 Å². The van der Waals surface area contributed by atoms with Gasteiger partial charge in [0.05, 0.1) is 11.5 Å². The molecule has 0 amide bonds. The van der Waals surface area contributed by atoms with E-state index in [1.165, 1.54) is 10.6 Å². The largest absolute Gasteiger partial charge is 0.363 e. The van der Waals surface area contributed by atoms with Crippen LogP contribution in [-0.2, 0) is 13.1 Å². The van der Waals surface area contributed by atoms with Gasteiger partial charge in [0, 0.05) is 45.0 Å². The number of halogens is 1. The fraction of sp³-hybridized carbons (Fsp3) is 0.333. The van der Waals surface area contributed by atoms with Crippen LogP contribution < -0.4 is 21.1 Å². The SMILES string of the molecule is CN=C(NCc1ccc(Cn2ccccc2=O)cc1)NC1CCN(c2cccs2)CC1.I. The average molecular weight is 564 g/mol. The summed E-state index contributed by atoms with van der Waals surface area (Å²) in [7, 11) is 1.82. The van der Waals surface area contributed by atoms with Gasteiger partial charge in [0.1, 0.15) is 0 Å². The van der Waals surface area contributed by atoms with E-state index in [1.54, 1.807) is 16.7 Å². The number of anilines is 1. The molecule has 0 aliphatic carbocycles. The van der Waals surface area contributed by atoms with Crippen molar-refractivity contribution in [3.8, 4) is 0 Å². The van der Waals surface area contributed by atoms with Crippen LogP contribution in [0.3, 0.4) is 0 Å². The van der Waals surface area contributed by atoms with Crippen LogP contribution in [0.25, 0.3) is 0 Å². The van der Waals surface area contributed by atoms with Crippen molar-refractivity contribution in [3.63, 3.8) is 0 Å². The summed E-state index contributed by atoms with van der Waals surface area (Å²) in [6.07, 6.45) is 4.02. The number of rotatable bonds is 6. The van der Waals surface area contributed by atoms with Crippen molar-refractivity contribution < 1.29 is 0 Å². The lowest BCUT2D eigenvalue weighted by Crippen LogP contribution is -2.48. The lowest BCUT2D eigenvalue weighted by molar-refractivity contribution is 0.463. The molecule has 4 rings (SSSR count). The minimum atomic E-state index is 0. The molecular formula is C24H30IN5OS. The van der Waals surface area contributed by atoms with Gasteiger partial charge in [-0.3, -0.25) is 9.79 Å². The summed E-state index contributed by atoms with van der Waals surface area (Å²) in [4.78, 5) is 18.7. The fourth-order valence-corrected chi connectivity index (χ4v) is 4.60. The molecule has 8 heteroatoms. The van der Waals surface area contributed by atoms with Crippen LogP contribution >= 0.6 is 35.3 Å². The van der Waals surface area contributed by atoms with Crippen LogP contribution in [0, 0.1) is 0 Å². The number of piperidine rings is 1. The van der Waals surface area contributed by atoms with Crippen LogP contribution in [0.5, 0.6) is 0 Å². The van der Waals surface area contributed by atoms with E-state index in [-0.39, 0.29) is 29.5 Å². The second kappa shape index (κ2) is 12.1. The molecule has 170 valence electrons. The molecule has 0 radical (unpaired) electrons. The van der Waals surface area contributed by atoms with Crippen molar-refractivity contribution in [2.75, 3.05) is 25.0 Å². The Morgan fingerprint density at radius 2 is 1.81 bits per heavy atom. The van der Waals surface area contributed by atoms with Crippen LogP contribution in [0.1, 0.15) is 24.0 Å². The summed E-state index contributed by atoms with van der Waals surface area (Å²) >= 11 is 1.81. The van der Waals surface area contributed by atoms with Gasteiger partial charge in [-0.1, -0.05) is 30.3 Å². The van der Waals surface area contributed by atoms with Gasteiger partial charge in [0.25, 0.3) is 5.56 Å². The molecule has 6 nitrogen and oxygen atoms in total. The van der Waals surface area contributed by atoms with Gasteiger partial charge in [0.2, 0.25) is 0 Å². The highest BCUT2D eigenvalue weighted by Gasteiger charge is 2.20. The number of pyridine rings is 1. The summed E-state index contributed by atoms with van der Waals surface area (Å²) < 4.78 is 1.71. The summed E-state index contributed by atoms with van der Waals surface area (Å²) in [5.41, 5.74) is 2.31. The molecule has 2 N–H and O–H groups in total. The fourth-order valence-electron chi connectivity index (χ4n) is 3.82. The molecule has 3 heterocycles. The first-order valence-corrected chi connectivity index (χ1v) is 11.6. The van der Waals surface area contributed by atoms with E-state index >= 15 is 0 Å². The molecule has 0 atom stereocenters. The Balaban J connectivity index is 0.00000289. The number of nitrogens with zero attached hydrogens (tertiary/aromatic N) is 3. The second-order valence-corrected chi connectivity index (χ2v) is 8.69. The Morgan fingerprint density at radius 1 is 1.06 bits per heavy atom. The summed E-state index contributed by atoms with van der Waals surface area (Å²) in [6, 6.07) is 18.3. The van der Waals surface area contributed by atoms with Crippen molar-refractivity contribution >= 4 is 46.3 Å². The van der Waals surface area contributed by atoms with E-state index in [2.05, 4.69) is 62.3 Å². The first kappa shape index (κ1) is 24.3. The summed E-state index contributed by atoms with van der Waals surface area (Å²) in [5.74, 6) is 0.842. The van der Waals surface area contributed by atoms with Crippen LogP contribution in [0.2, 0.25) is 0 Å². The maximum absolute atomic E-state index is 11.9. The summed E-state index contributed by atoms with van der Waals surface area (Å²) in [6.45, 7) is 3.43. The molecule has 1 aromatic carbocycles. The Hall–Kier alpha value is -2.33. The van der Waals surface area contributed by atoms with Crippen LogP contribution in [-0.4, -0.2) is 36.7 Å². The van der Waals surface area contributed by atoms with Gasteiger partial charge in [0.15, 0.2) is 5.96 Å². The molecule has 1 aliphatic rings. The molecule has 2 aromatic heterocycles. The normalized spacial score (nSPS) is 14.7. The Bertz CT molecular complexity index is 1040. The first-order chi connectivity index (χ1) is 15.2. The third-order valence-electron chi connectivity index (χ3n) is 5.61. The second-order valence-electron chi connectivity index (χ2n) is 7.77. The van der Waals surface area contributed by atoms with E-state index in [4.69, 9.17) is 0 Å². The Labute approximate surface area is 210 Å². The third-order valence-corrected chi connectivity index (χ3v) is 6.54. The highest BCUT2D eigenvalue weighted by molar-refractivity contribution is 14.0. The van der Waals surface area contributed by atoms with Crippen LogP contribution in [0.15, 0.2) is 76.0 Å². The Kier molecular flexibility index (Phi) is 9.16. The van der Waals surface area contributed by atoms with E-state index in [1.807, 2.05) is 30.6 Å². The number of thiophene rings is 1. The third kappa shape index (κ3) is 6.59. The molecule has 0 spiro atoms. The molecule has 0 saturated carbocycles. The number of nitrogens with one attached hydrogen (secondary N) is 2. The van der Waals surface area contributed by atoms with Crippen molar-refractivity contribution in [2.45, 2.75) is 32.0 Å². The molecule has 0 bridgehead atoms. The smallest absolute Gasteiger partial charge is 0.250 e. The number of hydrogen-bond donors (Lipinski definition) is 2. The quantitative estimate of drug-likeness (QED) is 0.271. The summed E-state index contributed by atoms with van der Waals surface area (Å²) in [5, 5.41) is 10.5. The number of hydrogen-bond acceptors (Lipinski definition) is 4. The number of aromatic nitrogens is 1. The predicted octanol–water partition coefficient (Wildman–Crippen LogP) is 3.91. The maximum Gasteiger partial charge on any atom is 0.250 e. The molecule has 1 aliphatic heterocycles. The minimum Gasteiger partial charge on any atom is -0.363 e. The predicted molar refractivity (Wildman–Crippen MR) is 145 cm³/mol. The number of aliphatic imine (C=N–C) groups is 1. The van der Waals surface area contributed by atoms with E-state index in [9.17, 15) is 4.79 Å². The maximum atomic E-state index is 11.9. The van der Waals surface area contributed by atoms with Crippen molar-refractivity contribution in [1.82, 2.24) is 15.2 Å². The van der Waals surface area contributed by atoms with Gasteiger partial charge in [-0.05, 0) is 47.5 Å². The number of guanidine groups is 1. The van der Waals surface area contributed by atoms with E-state index in [0.717, 1.165) is 37.5 Å². The standard InChI is InChI=1S/C24H29N5OS.HI/c1-25-24(27-21-11-14-28(15-12-21)23-6-4-16-31-23)26-17-19-7-9-20(10-8-19)18-29-13-3-2-5-22(29)30;/h2-10,13,16,21H,11-12,14-15,17-18H2,1H3,(H2,25,26,27);1H. The van der Waals surface area contributed by atoms with Crippen LogP contribution in [0.4, 0.5) is 5.00 Å². The zero-order chi connectivity index (χ0) is 21.5. The van der Waals surface area contributed by atoms with Crippen molar-refractivity contribution in [1.29, 1.82) is 0 Å². The number of benzene rings is 1.